The number of aromatic nitrogens is 1. The monoisotopic (exact) mass is 364 g/mol. The first kappa shape index (κ1) is 18.5. The number of amides is 1. The van der Waals surface area contributed by atoms with Gasteiger partial charge in [-0.3, -0.25) is 19.6 Å². The minimum atomic E-state index is -0.991. The van der Waals surface area contributed by atoms with Gasteiger partial charge in [0, 0.05) is 39.8 Å². The van der Waals surface area contributed by atoms with Crippen LogP contribution in [0.15, 0.2) is 23.3 Å². The predicted molar refractivity (Wildman–Crippen MR) is 96.1 cm³/mol. The standard InChI is InChI=1S/C17H25FN6O2/c1-21-16(25)13-19-24(17(21)26)8-3-2-7-22-9-11-23(12-10-22)15-6-4-5-14(18)20-15/h4-6,13,17,26H,2-3,7-12H2,1H3. The Morgan fingerprint density at radius 1 is 1.19 bits per heavy atom. The molecule has 1 aromatic rings. The van der Waals surface area contributed by atoms with E-state index in [1.54, 1.807) is 13.1 Å². The molecule has 142 valence electrons. The molecule has 3 rings (SSSR count). The minimum Gasteiger partial charge on any atom is -0.355 e. The zero-order valence-electron chi connectivity index (χ0n) is 15.0. The van der Waals surface area contributed by atoms with Crippen molar-refractivity contribution in [1.82, 2.24) is 19.8 Å². The minimum absolute atomic E-state index is 0.292. The van der Waals surface area contributed by atoms with Crippen molar-refractivity contribution in [3.8, 4) is 0 Å². The van der Waals surface area contributed by atoms with E-state index >= 15 is 0 Å². The lowest BCUT2D eigenvalue weighted by Crippen LogP contribution is -2.51. The normalized spacial score (nSPS) is 21.6. The maximum Gasteiger partial charge on any atom is 0.270 e. The number of hydrogen-bond acceptors (Lipinski definition) is 7. The second-order valence-electron chi connectivity index (χ2n) is 6.56. The van der Waals surface area contributed by atoms with E-state index in [0.717, 1.165) is 45.6 Å². The number of rotatable bonds is 6. The lowest BCUT2D eigenvalue weighted by molar-refractivity contribution is -0.151. The number of piperazine rings is 1. The Labute approximate surface area is 152 Å². The molecular weight excluding hydrogens is 339 g/mol. The van der Waals surface area contributed by atoms with Crippen LogP contribution in [0.4, 0.5) is 10.2 Å². The first-order valence-corrected chi connectivity index (χ1v) is 8.90. The third kappa shape index (κ3) is 4.47. The number of aliphatic hydroxyl groups excluding tert-OH is 1. The van der Waals surface area contributed by atoms with E-state index in [2.05, 4.69) is 19.9 Å². The molecule has 0 spiro atoms. The molecule has 0 aliphatic carbocycles. The Hall–Kier alpha value is -2.26. The van der Waals surface area contributed by atoms with Crippen LogP contribution >= 0.6 is 0 Å². The molecule has 2 aliphatic heterocycles. The van der Waals surface area contributed by atoms with Crippen molar-refractivity contribution in [2.45, 2.75) is 19.2 Å². The fraction of sp³-hybridized carbons (Fsp3) is 0.588. The van der Waals surface area contributed by atoms with E-state index in [0.29, 0.717) is 12.4 Å². The molecule has 1 atom stereocenters. The van der Waals surface area contributed by atoms with Gasteiger partial charge in [0.1, 0.15) is 12.0 Å². The second-order valence-corrected chi connectivity index (χ2v) is 6.56. The maximum absolute atomic E-state index is 13.2. The highest BCUT2D eigenvalue weighted by Gasteiger charge is 2.26. The van der Waals surface area contributed by atoms with Crippen LogP contribution < -0.4 is 4.90 Å². The summed E-state index contributed by atoms with van der Waals surface area (Å²) in [6.45, 7) is 5.06. The fourth-order valence-corrected chi connectivity index (χ4v) is 3.14. The van der Waals surface area contributed by atoms with E-state index in [4.69, 9.17) is 0 Å². The number of anilines is 1. The second kappa shape index (κ2) is 8.41. The van der Waals surface area contributed by atoms with Crippen LogP contribution in [-0.2, 0) is 4.79 Å². The third-order valence-electron chi connectivity index (χ3n) is 4.79. The molecule has 26 heavy (non-hydrogen) atoms. The molecule has 1 N–H and O–H groups in total. The topological polar surface area (TPSA) is 75.5 Å². The summed E-state index contributed by atoms with van der Waals surface area (Å²) in [6.07, 6.45) is 2.10. The number of hydrogen-bond donors (Lipinski definition) is 1. The van der Waals surface area contributed by atoms with Gasteiger partial charge in [0.05, 0.1) is 0 Å². The summed E-state index contributed by atoms with van der Waals surface area (Å²) in [6, 6.07) is 4.88. The van der Waals surface area contributed by atoms with E-state index < -0.39 is 12.3 Å². The Bertz CT molecular complexity index is 650. The number of halogens is 1. The first-order valence-electron chi connectivity index (χ1n) is 8.90. The number of unbranched alkanes of at least 4 members (excludes halogenated alkanes) is 1. The van der Waals surface area contributed by atoms with Crippen molar-refractivity contribution in [3.05, 3.63) is 24.1 Å². The lowest BCUT2D eigenvalue weighted by atomic mass is 10.2. The average molecular weight is 364 g/mol. The summed E-state index contributed by atoms with van der Waals surface area (Å²) in [5, 5.41) is 15.5. The Morgan fingerprint density at radius 3 is 2.65 bits per heavy atom. The van der Waals surface area contributed by atoms with Gasteiger partial charge in [-0.15, -0.1) is 0 Å². The van der Waals surface area contributed by atoms with E-state index in [9.17, 15) is 14.3 Å². The van der Waals surface area contributed by atoms with Gasteiger partial charge in [0.15, 0.2) is 0 Å². The zero-order chi connectivity index (χ0) is 18.5. The predicted octanol–water partition coefficient (Wildman–Crippen LogP) is 0.159. The zero-order valence-corrected chi connectivity index (χ0v) is 15.0. The summed E-state index contributed by atoms with van der Waals surface area (Å²) < 4.78 is 13.2. The number of pyridine rings is 1. The van der Waals surface area contributed by atoms with Gasteiger partial charge in [-0.05, 0) is 31.5 Å². The van der Waals surface area contributed by atoms with Gasteiger partial charge in [-0.1, -0.05) is 6.07 Å². The Morgan fingerprint density at radius 2 is 1.92 bits per heavy atom. The highest BCUT2D eigenvalue weighted by molar-refractivity contribution is 6.26. The largest absolute Gasteiger partial charge is 0.355 e. The molecule has 8 nitrogen and oxygen atoms in total. The van der Waals surface area contributed by atoms with Crippen LogP contribution in [0, 0.1) is 5.95 Å². The molecule has 1 saturated heterocycles. The fourth-order valence-electron chi connectivity index (χ4n) is 3.14. The Balaban J connectivity index is 1.36. The number of carbonyl (C=O) groups excluding carboxylic acids is 1. The molecule has 0 saturated carbocycles. The maximum atomic E-state index is 13.2. The van der Waals surface area contributed by atoms with Crippen LogP contribution in [0.5, 0.6) is 0 Å². The molecule has 0 radical (unpaired) electrons. The van der Waals surface area contributed by atoms with E-state index in [1.165, 1.54) is 22.2 Å². The van der Waals surface area contributed by atoms with Crippen molar-refractivity contribution in [2.75, 3.05) is 51.2 Å². The number of hydrazone groups is 1. The Kier molecular flexibility index (Phi) is 6.00. The van der Waals surface area contributed by atoms with Gasteiger partial charge in [-0.25, -0.2) is 4.98 Å². The molecule has 9 heteroatoms. The van der Waals surface area contributed by atoms with Crippen LogP contribution in [-0.4, -0.2) is 89.7 Å². The van der Waals surface area contributed by atoms with Gasteiger partial charge in [-0.2, -0.15) is 9.49 Å². The SMILES string of the molecule is CN1C(=O)C=NN(CCCCN2CCN(c3cccc(F)n3)CC2)C1O. The summed E-state index contributed by atoms with van der Waals surface area (Å²) in [5.74, 6) is -0.0421. The molecule has 1 aromatic heterocycles. The van der Waals surface area contributed by atoms with Gasteiger partial charge in [0.2, 0.25) is 12.3 Å². The van der Waals surface area contributed by atoms with Crippen LogP contribution in [0.25, 0.3) is 0 Å². The molecule has 3 heterocycles. The highest BCUT2D eigenvalue weighted by Crippen LogP contribution is 2.14. The van der Waals surface area contributed by atoms with E-state index in [1.807, 2.05) is 6.07 Å². The molecule has 0 bridgehead atoms. The highest BCUT2D eigenvalue weighted by atomic mass is 19.1. The van der Waals surface area contributed by atoms with Gasteiger partial charge < -0.3 is 10.0 Å². The van der Waals surface area contributed by atoms with Gasteiger partial charge in [0.25, 0.3) is 5.91 Å². The van der Waals surface area contributed by atoms with Crippen LogP contribution in [0.1, 0.15) is 12.8 Å². The van der Waals surface area contributed by atoms with Crippen molar-refractivity contribution >= 4 is 17.9 Å². The lowest BCUT2D eigenvalue weighted by Gasteiger charge is -2.36. The number of nitrogens with zero attached hydrogens (tertiary/aromatic N) is 6. The molecule has 0 aromatic carbocycles. The molecular formula is C17H25FN6O2. The number of carbonyl (C=O) groups is 1. The van der Waals surface area contributed by atoms with Crippen LogP contribution in [0.3, 0.4) is 0 Å². The first-order chi connectivity index (χ1) is 12.5. The molecule has 2 aliphatic rings. The summed E-state index contributed by atoms with van der Waals surface area (Å²) in [7, 11) is 1.55. The third-order valence-corrected chi connectivity index (χ3v) is 4.79. The average Bonchev–Trinajstić information content (AvgIpc) is 2.65. The van der Waals surface area contributed by atoms with Crippen molar-refractivity contribution in [1.29, 1.82) is 0 Å². The van der Waals surface area contributed by atoms with Gasteiger partial charge >= 0.3 is 0 Å². The van der Waals surface area contributed by atoms with Crippen molar-refractivity contribution in [3.63, 3.8) is 0 Å². The quantitative estimate of drug-likeness (QED) is 0.572. The summed E-state index contributed by atoms with van der Waals surface area (Å²) >= 11 is 0. The molecule has 1 fully saturated rings. The van der Waals surface area contributed by atoms with Crippen molar-refractivity contribution < 1.29 is 14.3 Å². The van der Waals surface area contributed by atoms with Crippen molar-refractivity contribution in [2.24, 2.45) is 5.10 Å². The molecule has 1 unspecified atom stereocenters. The molecule has 1 amide bonds. The summed E-state index contributed by atoms with van der Waals surface area (Å²) in [4.78, 5) is 21.1. The smallest absolute Gasteiger partial charge is 0.270 e. The van der Waals surface area contributed by atoms with Crippen LogP contribution in [0.2, 0.25) is 0 Å². The van der Waals surface area contributed by atoms with E-state index in [-0.39, 0.29) is 5.91 Å². The summed E-state index contributed by atoms with van der Waals surface area (Å²) in [5.41, 5.74) is 0. The number of aliphatic hydroxyl groups is 1.